The number of rotatable bonds is 7. The van der Waals surface area contributed by atoms with Crippen molar-refractivity contribution in [3.8, 4) is 5.88 Å². The molecule has 118 valence electrons. The summed E-state index contributed by atoms with van der Waals surface area (Å²) >= 11 is 0. The molecular weight excluding hydrogens is 287 g/mol. The molecule has 0 aliphatic rings. The molecule has 1 aromatic heterocycles. The highest BCUT2D eigenvalue weighted by Gasteiger charge is 2.11. The number of nitrogens with zero attached hydrogens (tertiary/aromatic N) is 2. The molecule has 0 saturated heterocycles. The van der Waals surface area contributed by atoms with Crippen LogP contribution >= 0.6 is 0 Å². The molecule has 2 aromatic rings. The number of aryl methyl sites for hydroxylation is 1. The molecule has 1 aromatic carbocycles. The van der Waals surface area contributed by atoms with Crippen LogP contribution < -0.4 is 15.8 Å². The molecule has 22 heavy (non-hydrogen) atoms. The van der Waals surface area contributed by atoms with Crippen molar-refractivity contribution in [1.29, 1.82) is 0 Å². The van der Waals surface area contributed by atoms with Gasteiger partial charge in [-0.05, 0) is 24.6 Å². The number of nitrogens with two attached hydrogens (primary N) is 1. The topological polar surface area (TPSA) is 82.3 Å². The predicted molar refractivity (Wildman–Crippen MR) is 82.3 cm³/mol. The van der Waals surface area contributed by atoms with E-state index in [2.05, 4.69) is 15.3 Å². The fourth-order valence-corrected chi connectivity index (χ4v) is 1.81. The number of hydrogen-bond acceptors (Lipinski definition) is 6. The third-order valence-corrected chi connectivity index (χ3v) is 2.92. The molecule has 1 heterocycles. The summed E-state index contributed by atoms with van der Waals surface area (Å²) < 4.78 is 23.3. The van der Waals surface area contributed by atoms with Gasteiger partial charge in [0.05, 0.1) is 6.61 Å². The first kappa shape index (κ1) is 16.0. The zero-order valence-corrected chi connectivity index (χ0v) is 12.6. The zero-order chi connectivity index (χ0) is 15.9. The van der Waals surface area contributed by atoms with Crippen molar-refractivity contribution in [2.75, 3.05) is 31.4 Å². The number of anilines is 2. The number of nitrogens with one attached hydrogen (secondary N) is 1. The first-order valence-corrected chi connectivity index (χ1v) is 6.84. The van der Waals surface area contributed by atoms with Gasteiger partial charge in [-0.15, -0.1) is 0 Å². The van der Waals surface area contributed by atoms with Gasteiger partial charge >= 0.3 is 0 Å². The second kappa shape index (κ2) is 7.56. The molecule has 0 spiro atoms. The van der Waals surface area contributed by atoms with Crippen LogP contribution in [0.25, 0.3) is 0 Å². The molecule has 0 unspecified atom stereocenters. The van der Waals surface area contributed by atoms with Crippen molar-refractivity contribution in [2.24, 2.45) is 0 Å². The smallest absolute Gasteiger partial charge is 0.242 e. The van der Waals surface area contributed by atoms with Gasteiger partial charge in [0.2, 0.25) is 5.88 Å². The Kier molecular flexibility index (Phi) is 5.48. The summed E-state index contributed by atoms with van der Waals surface area (Å²) in [7, 11) is 1.59. The largest absolute Gasteiger partial charge is 0.474 e. The molecule has 2 rings (SSSR count). The van der Waals surface area contributed by atoms with Crippen molar-refractivity contribution in [3.63, 3.8) is 0 Å². The highest BCUT2D eigenvalue weighted by molar-refractivity contribution is 5.66. The van der Waals surface area contributed by atoms with E-state index in [0.29, 0.717) is 43.0 Å². The molecule has 0 aliphatic carbocycles. The summed E-state index contributed by atoms with van der Waals surface area (Å²) in [5.41, 5.74) is 7.26. The molecular formula is C15H19FN4O2. The number of ether oxygens (including phenoxy) is 2. The summed E-state index contributed by atoms with van der Waals surface area (Å²) in [5, 5.41) is 3.11. The van der Waals surface area contributed by atoms with Gasteiger partial charge in [0, 0.05) is 13.7 Å². The highest BCUT2D eigenvalue weighted by Crippen LogP contribution is 2.26. The standard InChI is InChI=1S/C15H19FN4O2/c1-10-19-14(13(17)15(20-10)22-8-7-21-2)18-9-11-3-5-12(16)6-4-11/h3-6H,7-9,17H2,1-2H3,(H,18,19,20). The van der Waals surface area contributed by atoms with Gasteiger partial charge in [-0.1, -0.05) is 12.1 Å². The van der Waals surface area contributed by atoms with E-state index in [4.69, 9.17) is 15.2 Å². The quantitative estimate of drug-likeness (QED) is 0.763. The van der Waals surface area contributed by atoms with Gasteiger partial charge in [0.15, 0.2) is 5.82 Å². The number of aromatic nitrogens is 2. The number of nitrogen functional groups attached to an aromatic ring is 1. The van der Waals surface area contributed by atoms with Gasteiger partial charge in [-0.3, -0.25) is 0 Å². The normalized spacial score (nSPS) is 10.5. The summed E-state index contributed by atoms with van der Waals surface area (Å²) in [6, 6.07) is 6.21. The first-order valence-electron chi connectivity index (χ1n) is 6.84. The van der Waals surface area contributed by atoms with Crippen LogP contribution in [0.5, 0.6) is 5.88 Å². The molecule has 0 atom stereocenters. The van der Waals surface area contributed by atoms with Crippen LogP contribution in [0.1, 0.15) is 11.4 Å². The minimum absolute atomic E-state index is 0.269. The first-order chi connectivity index (χ1) is 10.6. The predicted octanol–water partition coefficient (Wildman–Crippen LogP) is 2.14. The van der Waals surface area contributed by atoms with Crippen molar-refractivity contribution in [3.05, 3.63) is 41.5 Å². The van der Waals surface area contributed by atoms with Crippen LogP contribution in [0.2, 0.25) is 0 Å². The maximum Gasteiger partial charge on any atom is 0.242 e. The van der Waals surface area contributed by atoms with Crippen LogP contribution in [0.3, 0.4) is 0 Å². The summed E-state index contributed by atoms with van der Waals surface area (Å²) in [5.74, 6) is 1.09. The van der Waals surface area contributed by atoms with Crippen molar-refractivity contribution in [1.82, 2.24) is 9.97 Å². The molecule has 0 radical (unpaired) electrons. The molecule has 0 aliphatic heterocycles. The molecule has 6 nitrogen and oxygen atoms in total. The van der Waals surface area contributed by atoms with E-state index in [1.807, 2.05) is 0 Å². The summed E-state index contributed by atoms with van der Waals surface area (Å²) in [4.78, 5) is 8.43. The maximum absolute atomic E-state index is 12.9. The third kappa shape index (κ3) is 4.29. The van der Waals surface area contributed by atoms with E-state index in [0.717, 1.165) is 5.56 Å². The van der Waals surface area contributed by atoms with E-state index in [1.54, 1.807) is 26.2 Å². The Bertz CT molecular complexity index is 620. The highest BCUT2D eigenvalue weighted by atomic mass is 19.1. The lowest BCUT2D eigenvalue weighted by molar-refractivity contribution is 0.144. The van der Waals surface area contributed by atoms with Crippen molar-refractivity contribution in [2.45, 2.75) is 13.5 Å². The zero-order valence-electron chi connectivity index (χ0n) is 12.6. The molecule has 0 saturated carbocycles. The Labute approximate surface area is 128 Å². The van der Waals surface area contributed by atoms with Gasteiger partial charge in [-0.25, -0.2) is 9.37 Å². The van der Waals surface area contributed by atoms with Crippen LogP contribution in [0, 0.1) is 12.7 Å². The van der Waals surface area contributed by atoms with E-state index in [-0.39, 0.29) is 5.82 Å². The lowest BCUT2D eigenvalue weighted by Gasteiger charge is -2.13. The minimum Gasteiger partial charge on any atom is -0.474 e. The third-order valence-electron chi connectivity index (χ3n) is 2.92. The van der Waals surface area contributed by atoms with Crippen LogP contribution in [-0.2, 0) is 11.3 Å². The second-order valence-electron chi connectivity index (χ2n) is 4.66. The van der Waals surface area contributed by atoms with Crippen LogP contribution in [-0.4, -0.2) is 30.3 Å². The number of hydrogen-bond donors (Lipinski definition) is 2. The van der Waals surface area contributed by atoms with Crippen molar-refractivity contribution < 1.29 is 13.9 Å². The van der Waals surface area contributed by atoms with E-state index in [1.165, 1.54) is 12.1 Å². The lowest BCUT2D eigenvalue weighted by atomic mass is 10.2. The molecule has 0 amide bonds. The Hall–Kier alpha value is -2.41. The number of benzene rings is 1. The Morgan fingerprint density at radius 1 is 1.18 bits per heavy atom. The minimum atomic E-state index is -0.269. The fourth-order valence-electron chi connectivity index (χ4n) is 1.81. The number of methoxy groups -OCH3 is 1. The average Bonchev–Trinajstić information content (AvgIpc) is 2.50. The van der Waals surface area contributed by atoms with Crippen LogP contribution in [0.15, 0.2) is 24.3 Å². The van der Waals surface area contributed by atoms with Crippen LogP contribution in [0.4, 0.5) is 15.9 Å². The Morgan fingerprint density at radius 2 is 1.91 bits per heavy atom. The molecule has 7 heteroatoms. The average molecular weight is 306 g/mol. The van der Waals surface area contributed by atoms with E-state index in [9.17, 15) is 4.39 Å². The van der Waals surface area contributed by atoms with Gasteiger partial charge in [-0.2, -0.15) is 4.98 Å². The lowest BCUT2D eigenvalue weighted by Crippen LogP contribution is -2.12. The Balaban J connectivity index is 2.07. The molecule has 0 fully saturated rings. The van der Waals surface area contributed by atoms with Gasteiger partial charge < -0.3 is 20.5 Å². The monoisotopic (exact) mass is 306 g/mol. The molecule has 3 N–H and O–H groups in total. The second-order valence-corrected chi connectivity index (χ2v) is 4.66. The SMILES string of the molecule is COCCOc1nc(C)nc(NCc2ccc(F)cc2)c1N. The summed E-state index contributed by atoms with van der Waals surface area (Å²) in [6.07, 6.45) is 0. The maximum atomic E-state index is 12.9. The summed E-state index contributed by atoms with van der Waals surface area (Å²) in [6.45, 7) is 3.03. The van der Waals surface area contributed by atoms with E-state index >= 15 is 0 Å². The van der Waals surface area contributed by atoms with Crippen molar-refractivity contribution >= 4 is 11.5 Å². The number of halogens is 1. The fraction of sp³-hybridized carbons (Fsp3) is 0.333. The van der Waals surface area contributed by atoms with Gasteiger partial charge in [0.1, 0.15) is 23.9 Å². The van der Waals surface area contributed by atoms with Gasteiger partial charge in [0.25, 0.3) is 0 Å². The Morgan fingerprint density at radius 3 is 2.59 bits per heavy atom. The molecule has 0 bridgehead atoms. The van der Waals surface area contributed by atoms with E-state index < -0.39 is 0 Å².